The second-order valence-corrected chi connectivity index (χ2v) is 5.80. The van der Waals surface area contributed by atoms with Crippen LogP contribution < -0.4 is 0 Å². The fraction of sp³-hybridized carbons (Fsp3) is 0.438. The van der Waals surface area contributed by atoms with Crippen LogP contribution in [0.15, 0.2) is 24.4 Å². The summed E-state index contributed by atoms with van der Waals surface area (Å²) in [4.78, 5) is 11.0. The van der Waals surface area contributed by atoms with Gasteiger partial charge in [-0.05, 0) is 38.0 Å². The summed E-state index contributed by atoms with van der Waals surface area (Å²) in [6, 6.07) is 4.05. The van der Waals surface area contributed by atoms with Crippen LogP contribution >= 0.6 is 0 Å². The van der Waals surface area contributed by atoms with Gasteiger partial charge in [-0.25, -0.2) is 0 Å². The zero-order valence-electron chi connectivity index (χ0n) is 12.6. The van der Waals surface area contributed by atoms with Gasteiger partial charge in [0.15, 0.2) is 0 Å². The zero-order valence-corrected chi connectivity index (χ0v) is 12.6. The molecule has 22 heavy (non-hydrogen) atoms. The van der Waals surface area contributed by atoms with Crippen molar-refractivity contribution in [1.82, 2.24) is 4.57 Å². The maximum atomic E-state index is 13.3. The Hall–Kier alpha value is -1.98. The van der Waals surface area contributed by atoms with Gasteiger partial charge in [0.2, 0.25) is 0 Å². The Kier molecular flexibility index (Phi) is 4.22. The topological polar surface area (TPSA) is 42.2 Å². The molecule has 0 aliphatic heterocycles. The summed E-state index contributed by atoms with van der Waals surface area (Å²) in [7, 11) is 0. The van der Waals surface area contributed by atoms with Gasteiger partial charge in [-0.15, -0.1) is 0 Å². The Morgan fingerprint density at radius 2 is 1.91 bits per heavy atom. The smallest absolute Gasteiger partial charge is 0.417 e. The van der Waals surface area contributed by atoms with Crippen molar-refractivity contribution in [3.05, 3.63) is 35.5 Å². The monoisotopic (exact) mass is 313 g/mol. The van der Waals surface area contributed by atoms with Crippen molar-refractivity contribution in [2.75, 3.05) is 0 Å². The van der Waals surface area contributed by atoms with Crippen molar-refractivity contribution < 1.29 is 23.1 Å². The third-order valence-corrected chi connectivity index (χ3v) is 3.75. The summed E-state index contributed by atoms with van der Waals surface area (Å²) >= 11 is 0. The molecule has 1 unspecified atom stereocenters. The Balaban J connectivity index is 2.71. The van der Waals surface area contributed by atoms with Crippen LogP contribution in [0.3, 0.4) is 0 Å². The molecule has 0 fully saturated rings. The number of nitrogens with zero attached hydrogens (tertiary/aromatic N) is 1. The summed E-state index contributed by atoms with van der Waals surface area (Å²) < 4.78 is 41.6. The molecule has 120 valence electrons. The molecule has 2 aromatic rings. The molecule has 2 rings (SSSR count). The Bertz CT molecular complexity index is 701. The number of hydrogen-bond acceptors (Lipinski definition) is 1. The molecule has 0 saturated heterocycles. The maximum Gasteiger partial charge on any atom is 0.417 e. The molecule has 3 nitrogen and oxygen atoms in total. The van der Waals surface area contributed by atoms with Crippen molar-refractivity contribution in [1.29, 1.82) is 0 Å². The van der Waals surface area contributed by atoms with Gasteiger partial charge in [0.25, 0.3) is 0 Å². The van der Waals surface area contributed by atoms with Crippen LogP contribution in [0.4, 0.5) is 13.2 Å². The predicted molar refractivity (Wildman–Crippen MR) is 77.8 cm³/mol. The van der Waals surface area contributed by atoms with E-state index in [1.54, 1.807) is 16.8 Å². The van der Waals surface area contributed by atoms with E-state index in [0.717, 1.165) is 6.07 Å². The lowest BCUT2D eigenvalue weighted by atomic mass is 9.98. The summed E-state index contributed by atoms with van der Waals surface area (Å²) in [5, 5.41) is 9.14. The summed E-state index contributed by atoms with van der Waals surface area (Å²) in [5.41, 5.74) is 0.195. The molecule has 0 spiro atoms. The fourth-order valence-corrected chi connectivity index (χ4v) is 2.63. The van der Waals surface area contributed by atoms with E-state index in [4.69, 9.17) is 5.11 Å². The van der Waals surface area contributed by atoms with Crippen LogP contribution in [0, 0.1) is 5.92 Å². The van der Waals surface area contributed by atoms with Crippen LogP contribution in [0.5, 0.6) is 0 Å². The SMILES string of the molecule is CC(Cc1cn(C(C)C)c2cccc(C(F)(F)F)c12)C(=O)O. The summed E-state index contributed by atoms with van der Waals surface area (Å²) in [6.45, 7) is 5.26. The molecule has 1 atom stereocenters. The molecule has 6 heteroatoms. The van der Waals surface area contributed by atoms with E-state index < -0.39 is 23.6 Å². The minimum absolute atomic E-state index is 0.0140. The summed E-state index contributed by atoms with van der Waals surface area (Å²) in [5.74, 6) is -1.76. The minimum Gasteiger partial charge on any atom is -0.481 e. The molecule has 0 saturated carbocycles. The van der Waals surface area contributed by atoms with Crippen molar-refractivity contribution >= 4 is 16.9 Å². The molecule has 1 aromatic heterocycles. The number of benzene rings is 1. The first-order valence-electron chi connectivity index (χ1n) is 7.05. The standard InChI is InChI=1S/C16H18F3NO2/c1-9(2)20-8-11(7-10(3)15(21)22)14-12(16(17,18)19)5-4-6-13(14)20/h4-6,8-10H,7H2,1-3H3,(H,21,22). The van der Waals surface area contributed by atoms with Crippen LogP contribution in [-0.4, -0.2) is 15.6 Å². The third-order valence-electron chi connectivity index (χ3n) is 3.75. The van der Waals surface area contributed by atoms with E-state index in [9.17, 15) is 18.0 Å². The van der Waals surface area contributed by atoms with Crippen molar-refractivity contribution in [2.24, 2.45) is 5.92 Å². The average molecular weight is 313 g/mol. The molecule has 1 aromatic carbocycles. The van der Waals surface area contributed by atoms with Gasteiger partial charge >= 0.3 is 12.1 Å². The number of hydrogen-bond donors (Lipinski definition) is 1. The average Bonchev–Trinajstić information content (AvgIpc) is 2.76. The number of alkyl halides is 3. The Morgan fingerprint density at radius 1 is 1.27 bits per heavy atom. The minimum atomic E-state index is -4.47. The second kappa shape index (κ2) is 5.66. The fourth-order valence-electron chi connectivity index (χ4n) is 2.63. The summed E-state index contributed by atoms with van der Waals surface area (Å²) in [6.07, 6.45) is -2.76. The number of fused-ring (bicyclic) bond motifs is 1. The molecule has 1 heterocycles. The molecular weight excluding hydrogens is 295 g/mol. The van der Waals surface area contributed by atoms with Gasteiger partial charge in [0.1, 0.15) is 0 Å². The third kappa shape index (κ3) is 2.96. The second-order valence-electron chi connectivity index (χ2n) is 5.80. The lowest BCUT2D eigenvalue weighted by molar-refractivity contribution is -0.141. The highest BCUT2D eigenvalue weighted by Crippen LogP contribution is 2.38. The maximum absolute atomic E-state index is 13.3. The van der Waals surface area contributed by atoms with Crippen molar-refractivity contribution in [3.63, 3.8) is 0 Å². The largest absolute Gasteiger partial charge is 0.481 e. The number of aromatic nitrogens is 1. The molecule has 0 aliphatic rings. The first-order chi connectivity index (χ1) is 10.1. The van der Waals surface area contributed by atoms with Gasteiger partial charge in [-0.2, -0.15) is 13.2 Å². The first-order valence-corrected chi connectivity index (χ1v) is 7.05. The number of aliphatic carboxylic acids is 1. The Morgan fingerprint density at radius 3 is 2.41 bits per heavy atom. The molecule has 0 amide bonds. The van der Waals surface area contributed by atoms with Gasteiger partial charge < -0.3 is 9.67 Å². The molecule has 0 radical (unpaired) electrons. The van der Waals surface area contributed by atoms with E-state index >= 15 is 0 Å². The van der Waals surface area contributed by atoms with Gasteiger partial charge in [0.05, 0.1) is 11.5 Å². The highest BCUT2D eigenvalue weighted by atomic mass is 19.4. The normalized spacial score (nSPS) is 13.8. The van der Waals surface area contributed by atoms with Gasteiger partial charge in [0, 0.05) is 23.1 Å². The first kappa shape index (κ1) is 16.4. The van der Waals surface area contributed by atoms with E-state index in [0.29, 0.717) is 11.1 Å². The number of carboxylic acid groups (broad SMARTS) is 1. The van der Waals surface area contributed by atoms with E-state index in [1.165, 1.54) is 13.0 Å². The zero-order chi connectivity index (χ0) is 16.7. The predicted octanol–water partition coefficient (Wildman–Crippen LogP) is 4.50. The van der Waals surface area contributed by atoms with Crippen LogP contribution in [0.1, 0.15) is 37.9 Å². The molecule has 1 N–H and O–H groups in total. The van der Waals surface area contributed by atoms with Crippen molar-refractivity contribution in [2.45, 2.75) is 39.4 Å². The van der Waals surface area contributed by atoms with Crippen LogP contribution in [0.2, 0.25) is 0 Å². The van der Waals surface area contributed by atoms with Gasteiger partial charge in [-0.1, -0.05) is 13.0 Å². The number of carbonyl (C=O) groups is 1. The molecular formula is C16H18F3NO2. The quantitative estimate of drug-likeness (QED) is 0.902. The van der Waals surface area contributed by atoms with Gasteiger partial charge in [-0.3, -0.25) is 4.79 Å². The number of carboxylic acids is 1. The Labute approximate surface area is 126 Å². The van der Waals surface area contributed by atoms with Crippen LogP contribution in [-0.2, 0) is 17.4 Å². The number of halogens is 3. The molecule has 0 aliphatic carbocycles. The van der Waals surface area contributed by atoms with E-state index in [-0.39, 0.29) is 17.8 Å². The van der Waals surface area contributed by atoms with Crippen LogP contribution in [0.25, 0.3) is 10.9 Å². The lowest BCUT2D eigenvalue weighted by Crippen LogP contribution is -2.13. The highest BCUT2D eigenvalue weighted by molar-refractivity contribution is 5.88. The molecule has 0 bridgehead atoms. The van der Waals surface area contributed by atoms with E-state index in [1.807, 2.05) is 13.8 Å². The lowest BCUT2D eigenvalue weighted by Gasteiger charge is -2.12. The van der Waals surface area contributed by atoms with Crippen molar-refractivity contribution in [3.8, 4) is 0 Å². The number of rotatable bonds is 4. The highest BCUT2D eigenvalue weighted by Gasteiger charge is 2.34. The van der Waals surface area contributed by atoms with E-state index in [2.05, 4.69) is 0 Å².